The Morgan fingerprint density at radius 1 is 0.923 bits per heavy atom. The second kappa shape index (κ2) is 6.60. The molecule has 0 fully saturated rings. The first-order valence-corrected chi connectivity index (χ1v) is 8.83. The molecule has 128 valence electrons. The standard InChI is InChI=1S/C21H14Cl2N2O/c1-13-20-15(9-19(24-13)14-5-3-2-4-6-14)7-8-25(21(20)26)18-11-16(22)10-17(23)12-18/h2-12H,1H3. The maximum atomic E-state index is 13.1. The van der Waals surface area contributed by atoms with Gasteiger partial charge in [-0.25, -0.2) is 0 Å². The lowest BCUT2D eigenvalue weighted by molar-refractivity contribution is 1.00. The molecule has 0 bridgehead atoms. The molecule has 0 aliphatic carbocycles. The van der Waals surface area contributed by atoms with Gasteiger partial charge in [0.2, 0.25) is 0 Å². The van der Waals surface area contributed by atoms with Gasteiger partial charge in [-0.15, -0.1) is 0 Å². The molecule has 2 aromatic carbocycles. The number of hydrogen-bond acceptors (Lipinski definition) is 2. The largest absolute Gasteiger partial charge is 0.284 e. The van der Waals surface area contributed by atoms with Crippen LogP contribution >= 0.6 is 23.2 Å². The molecule has 4 rings (SSSR count). The summed E-state index contributed by atoms with van der Waals surface area (Å²) in [4.78, 5) is 17.7. The summed E-state index contributed by atoms with van der Waals surface area (Å²) in [6.07, 6.45) is 1.74. The van der Waals surface area contributed by atoms with Gasteiger partial charge in [-0.3, -0.25) is 14.3 Å². The Balaban J connectivity index is 1.94. The van der Waals surface area contributed by atoms with E-state index in [4.69, 9.17) is 23.2 Å². The average molecular weight is 381 g/mol. The smallest absolute Gasteiger partial charge is 0.264 e. The number of pyridine rings is 2. The Hall–Kier alpha value is -2.62. The minimum absolute atomic E-state index is 0.148. The molecule has 0 saturated heterocycles. The third kappa shape index (κ3) is 3.00. The lowest BCUT2D eigenvalue weighted by atomic mass is 10.1. The van der Waals surface area contributed by atoms with Crippen LogP contribution in [0.5, 0.6) is 0 Å². The number of benzene rings is 2. The predicted octanol–water partition coefficient (Wildman–Crippen LogP) is 5.67. The molecular weight excluding hydrogens is 367 g/mol. The number of aromatic nitrogens is 2. The highest BCUT2D eigenvalue weighted by Crippen LogP contribution is 2.25. The highest BCUT2D eigenvalue weighted by Gasteiger charge is 2.11. The minimum Gasteiger partial charge on any atom is -0.284 e. The van der Waals surface area contributed by atoms with E-state index in [1.165, 1.54) is 4.57 Å². The van der Waals surface area contributed by atoms with Crippen molar-refractivity contribution in [2.24, 2.45) is 0 Å². The van der Waals surface area contributed by atoms with Gasteiger partial charge in [0.15, 0.2) is 0 Å². The number of rotatable bonds is 2. The van der Waals surface area contributed by atoms with Crippen LogP contribution in [0.2, 0.25) is 10.0 Å². The van der Waals surface area contributed by atoms with Crippen LogP contribution < -0.4 is 5.56 Å². The van der Waals surface area contributed by atoms with Gasteiger partial charge < -0.3 is 0 Å². The van der Waals surface area contributed by atoms with Crippen molar-refractivity contribution < 1.29 is 0 Å². The van der Waals surface area contributed by atoms with Crippen molar-refractivity contribution in [1.29, 1.82) is 0 Å². The monoisotopic (exact) mass is 380 g/mol. The zero-order valence-electron chi connectivity index (χ0n) is 13.9. The van der Waals surface area contributed by atoms with E-state index in [2.05, 4.69) is 4.98 Å². The van der Waals surface area contributed by atoms with E-state index in [0.29, 0.717) is 26.8 Å². The number of aryl methyl sites for hydroxylation is 1. The van der Waals surface area contributed by atoms with Crippen molar-refractivity contribution in [1.82, 2.24) is 9.55 Å². The van der Waals surface area contributed by atoms with E-state index in [1.807, 2.05) is 49.4 Å². The molecule has 5 heteroatoms. The molecule has 26 heavy (non-hydrogen) atoms. The predicted molar refractivity (Wildman–Crippen MR) is 108 cm³/mol. The lowest BCUT2D eigenvalue weighted by Crippen LogP contribution is -2.19. The Bertz CT molecular complexity index is 1160. The van der Waals surface area contributed by atoms with Crippen LogP contribution in [0.1, 0.15) is 5.69 Å². The lowest BCUT2D eigenvalue weighted by Gasteiger charge is -2.11. The highest BCUT2D eigenvalue weighted by atomic mass is 35.5. The molecule has 4 aromatic rings. The zero-order valence-corrected chi connectivity index (χ0v) is 15.4. The fourth-order valence-electron chi connectivity index (χ4n) is 3.09. The molecule has 0 amide bonds. The molecule has 0 spiro atoms. The summed E-state index contributed by atoms with van der Waals surface area (Å²) >= 11 is 12.2. The molecule has 2 heterocycles. The van der Waals surface area contributed by atoms with Gasteiger partial charge in [-0.05, 0) is 42.6 Å². The molecule has 0 N–H and O–H groups in total. The molecule has 0 saturated carbocycles. The molecule has 2 aromatic heterocycles. The van der Waals surface area contributed by atoms with Gasteiger partial charge in [-0.2, -0.15) is 0 Å². The first kappa shape index (κ1) is 16.8. The van der Waals surface area contributed by atoms with Crippen LogP contribution in [0.25, 0.3) is 27.7 Å². The summed E-state index contributed by atoms with van der Waals surface area (Å²) < 4.78 is 1.54. The summed E-state index contributed by atoms with van der Waals surface area (Å²) in [7, 11) is 0. The SMILES string of the molecule is Cc1nc(-c2ccccc2)cc2ccn(-c3cc(Cl)cc(Cl)c3)c(=O)c12. The summed E-state index contributed by atoms with van der Waals surface area (Å²) in [5.74, 6) is 0. The molecule has 0 aliphatic rings. The summed E-state index contributed by atoms with van der Waals surface area (Å²) in [5, 5.41) is 2.40. The van der Waals surface area contributed by atoms with E-state index >= 15 is 0 Å². The second-order valence-electron chi connectivity index (χ2n) is 6.04. The van der Waals surface area contributed by atoms with E-state index in [1.54, 1.807) is 24.4 Å². The Morgan fingerprint density at radius 3 is 2.31 bits per heavy atom. The summed E-state index contributed by atoms with van der Waals surface area (Å²) in [6, 6.07) is 18.8. The Kier molecular flexibility index (Phi) is 4.27. The van der Waals surface area contributed by atoms with Crippen molar-refractivity contribution in [3.63, 3.8) is 0 Å². The number of fused-ring (bicyclic) bond motifs is 1. The first-order valence-electron chi connectivity index (χ1n) is 8.08. The second-order valence-corrected chi connectivity index (χ2v) is 6.91. The van der Waals surface area contributed by atoms with Crippen molar-refractivity contribution in [3.8, 4) is 16.9 Å². The van der Waals surface area contributed by atoms with Crippen LogP contribution in [0.3, 0.4) is 0 Å². The van der Waals surface area contributed by atoms with Gasteiger partial charge in [0.05, 0.1) is 22.5 Å². The number of hydrogen-bond donors (Lipinski definition) is 0. The first-order chi connectivity index (χ1) is 12.5. The topological polar surface area (TPSA) is 34.9 Å². The van der Waals surface area contributed by atoms with Crippen molar-refractivity contribution in [3.05, 3.63) is 93.0 Å². The maximum absolute atomic E-state index is 13.1. The van der Waals surface area contributed by atoms with E-state index in [-0.39, 0.29) is 5.56 Å². The van der Waals surface area contributed by atoms with Crippen molar-refractivity contribution in [2.75, 3.05) is 0 Å². The van der Waals surface area contributed by atoms with Crippen LogP contribution in [-0.2, 0) is 0 Å². The Labute approximate surface area is 160 Å². The van der Waals surface area contributed by atoms with Gasteiger partial charge in [0, 0.05) is 21.8 Å². The van der Waals surface area contributed by atoms with Crippen molar-refractivity contribution in [2.45, 2.75) is 6.92 Å². The third-order valence-electron chi connectivity index (χ3n) is 4.26. The van der Waals surface area contributed by atoms with Crippen LogP contribution in [-0.4, -0.2) is 9.55 Å². The van der Waals surface area contributed by atoms with Crippen molar-refractivity contribution >= 4 is 34.0 Å². The Morgan fingerprint density at radius 2 is 1.62 bits per heavy atom. The maximum Gasteiger partial charge on any atom is 0.264 e. The molecule has 3 nitrogen and oxygen atoms in total. The number of halogens is 2. The van der Waals surface area contributed by atoms with Crippen LogP contribution in [0, 0.1) is 6.92 Å². The summed E-state index contributed by atoms with van der Waals surface area (Å²) in [5.41, 5.74) is 3.03. The fraction of sp³-hybridized carbons (Fsp3) is 0.0476. The van der Waals surface area contributed by atoms with Crippen LogP contribution in [0.4, 0.5) is 0 Å². The normalized spacial score (nSPS) is 11.0. The van der Waals surface area contributed by atoms with E-state index in [9.17, 15) is 4.79 Å². The summed E-state index contributed by atoms with van der Waals surface area (Å²) in [6.45, 7) is 1.85. The minimum atomic E-state index is -0.148. The highest BCUT2D eigenvalue weighted by molar-refractivity contribution is 6.34. The molecular formula is C21H14Cl2N2O. The van der Waals surface area contributed by atoms with Gasteiger partial charge in [-0.1, -0.05) is 53.5 Å². The molecule has 0 radical (unpaired) electrons. The van der Waals surface area contributed by atoms with E-state index < -0.39 is 0 Å². The zero-order chi connectivity index (χ0) is 18.3. The van der Waals surface area contributed by atoms with Gasteiger partial charge in [0.1, 0.15) is 0 Å². The molecule has 0 atom stereocenters. The molecule has 0 unspecified atom stereocenters. The third-order valence-corrected chi connectivity index (χ3v) is 4.70. The number of nitrogens with zero attached hydrogens (tertiary/aromatic N) is 2. The fourth-order valence-corrected chi connectivity index (χ4v) is 3.60. The van der Waals surface area contributed by atoms with Gasteiger partial charge in [0.25, 0.3) is 5.56 Å². The van der Waals surface area contributed by atoms with Crippen LogP contribution in [0.15, 0.2) is 71.7 Å². The quantitative estimate of drug-likeness (QED) is 0.449. The average Bonchev–Trinajstić information content (AvgIpc) is 2.61. The van der Waals surface area contributed by atoms with E-state index in [0.717, 1.165) is 16.6 Å². The van der Waals surface area contributed by atoms with Gasteiger partial charge >= 0.3 is 0 Å². The molecule has 0 aliphatic heterocycles.